The maximum Gasteiger partial charge on any atom is 0.216 e. The van der Waals surface area contributed by atoms with E-state index < -0.39 is 11.6 Å². The highest BCUT2D eigenvalue weighted by atomic mass is 32.1. The zero-order chi connectivity index (χ0) is 19.4. The lowest BCUT2D eigenvalue weighted by molar-refractivity contribution is 0.290. The summed E-state index contributed by atoms with van der Waals surface area (Å²) >= 11 is 5.15. The second kappa shape index (κ2) is 8.22. The van der Waals surface area contributed by atoms with E-state index in [9.17, 15) is 8.78 Å². The van der Waals surface area contributed by atoms with E-state index in [1.54, 1.807) is 0 Å². The average molecular weight is 388 g/mol. The Morgan fingerprint density at radius 1 is 1.19 bits per heavy atom. The molecule has 0 aliphatic rings. The summed E-state index contributed by atoms with van der Waals surface area (Å²) < 4.78 is 33.7. The second-order valence-corrected chi connectivity index (χ2v) is 6.57. The van der Waals surface area contributed by atoms with Gasteiger partial charge >= 0.3 is 0 Å². The van der Waals surface area contributed by atoms with Gasteiger partial charge < -0.3 is 4.74 Å². The molecule has 0 amide bonds. The molecule has 0 atom stereocenters. The summed E-state index contributed by atoms with van der Waals surface area (Å²) in [7, 11) is 0. The van der Waals surface area contributed by atoms with Crippen molar-refractivity contribution < 1.29 is 13.5 Å². The molecule has 1 heterocycles. The van der Waals surface area contributed by atoms with Crippen LogP contribution in [0, 0.1) is 16.4 Å². The summed E-state index contributed by atoms with van der Waals surface area (Å²) in [6, 6.07) is 11.3. The third kappa shape index (κ3) is 4.65. The predicted molar refractivity (Wildman–Crippen MR) is 102 cm³/mol. The van der Waals surface area contributed by atoms with Crippen LogP contribution in [0.4, 0.5) is 8.78 Å². The standard InChI is InChI=1S/C19H18F2N4OS/c1-12(2)14-4-6-15(7-5-14)26-11-18-23-24-19(27)25(18)22-10-13-3-8-16(20)17(21)9-13/h3-10,12H,11H2,1-2H3,(H,24,27)/b22-10-. The van der Waals surface area contributed by atoms with E-state index in [2.05, 4.69) is 29.1 Å². The number of benzene rings is 2. The number of ether oxygens (including phenoxy) is 1. The van der Waals surface area contributed by atoms with Gasteiger partial charge in [0.05, 0.1) is 6.21 Å². The van der Waals surface area contributed by atoms with Gasteiger partial charge in [-0.3, -0.25) is 0 Å². The second-order valence-electron chi connectivity index (χ2n) is 6.19. The van der Waals surface area contributed by atoms with Gasteiger partial charge in [0.1, 0.15) is 12.4 Å². The first-order valence-electron chi connectivity index (χ1n) is 8.32. The van der Waals surface area contributed by atoms with E-state index in [-0.39, 0.29) is 11.4 Å². The molecule has 8 heteroatoms. The van der Waals surface area contributed by atoms with Crippen molar-refractivity contribution in [1.29, 1.82) is 0 Å². The van der Waals surface area contributed by atoms with Gasteiger partial charge in [0.25, 0.3) is 0 Å². The molecule has 1 aromatic heterocycles. The Hall–Kier alpha value is -2.87. The molecule has 0 unspecified atom stereocenters. The minimum Gasteiger partial charge on any atom is -0.486 e. The molecule has 0 aliphatic heterocycles. The molecule has 0 spiro atoms. The summed E-state index contributed by atoms with van der Waals surface area (Å²) in [5.41, 5.74) is 1.62. The topological polar surface area (TPSA) is 55.2 Å². The van der Waals surface area contributed by atoms with Crippen LogP contribution in [0.1, 0.15) is 36.7 Å². The highest BCUT2D eigenvalue weighted by Gasteiger charge is 2.07. The maximum absolute atomic E-state index is 13.3. The fraction of sp³-hybridized carbons (Fsp3) is 0.211. The van der Waals surface area contributed by atoms with E-state index in [0.29, 0.717) is 23.1 Å². The molecule has 3 rings (SSSR count). The molecule has 0 fully saturated rings. The smallest absolute Gasteiger partial charge is 0.216 e. The Morgan fingerprint density at radius 3 is 2.59 bits per heavy atom. The summed E-state index contributed by atoms with van der Waals surface area (Å²) in [5, 5.41) is 10.9. The fourth-order valence-electron chi connectivity index (χ4n) is 2.35. The van der Waals surface area contributed by atoms with Crippen molar-refractivity contribution in [2.75, 3.05) is 0 Å². The van der Waals surface area contributed by atoms with Crippen LogP contribution in [0.5, 0.6) is 5.75 Å². The molecule has 140 valence electrons. The van der Waals surface area contributed by atoms with Gasteiger partial charge in [0.2, 0.25) is 4.77 Å². The van der Waals surface area contributed by atoms with Crippen LogP contribution in [-0.4, -0.2) is 21.1 Å². The van der Waals surface area contributed by atoms with Crippen LogP contribution in [0.25, 0.3) is 0 Å². The van der Waals surface area contributed by atoms with E-state index in [0.717, 1.165) is 12.1 Å². The number of aromatic nitrogens is 3. The van der Waals surface area contributed by atoms with Crippen molar-refractivity contribution in [3.8, 4) is 5.75 Å². The normalized spacial score (nSPS) is 11.4. The Morgan fingerprint density at radius 2 is 1.93 bits per heavy atom. The minimum absolute atomic E-state index is 0.142. The number of aromatic amines is 1. The molecule has 0 saturated heterocycles. The molecule has 3 aromatic rings. The van der Waals surface area contributed by atoms with Crippen molar-refractivity contribution in [1.82, 2.24) is 14.9 Å². The van der Waals surface area contributed by atoms with E-state index >= 15 is 0 Å². The Kier molecular flexibility index (Phi) is 5.75. The van der Waals surface area contributed by atoms with Crippen LogP contribution < -0.4 is 4.74 Å². The van der Waals surface area contributed by atoms with Gasteiger partial charge in [-0.05, 0) is 53.5 Å². The molecule has 1 N–H and O–H groups in total. The highest BCUT2D eigenvalue weighted by molar-refractivity contribution is 7.71. The first kappa shape index (κ1) is 18.9. The zero-order valence-corrected chi connectivity index (χ0v) is 15.6. The van der Waals surface area contributed by atoms with Gasteiger partial charge in [0, 0.05) is 0 Å². The quantitative estimate of drug-likeness (QED) is 0.487. The van der Waals surface area contributed by atoms with Crippen molar-refractivity contribution >= 4 is 18.4 Å². The lowest BCUT2D eigenvalue weighted by Gasteiger charge is -2.08. The van der Waals surface area contributed by atoms with Crippen LogP contribution >= 0.6 is 12.2 Å². The number of rotatable bonds is 6. The monoisotopic (exact) mass is 388 g/mol. The van der Waals surface area contributed by atoms with E-state index in [1.807, 2.05) is 24.3 Å². The number of hydrogen-bond acceptors (Lipinski definition) is 4. The van der Waals surface area contributed by atoms with Crippen molar-refractivity contribution in [3.05, 3.63) is 75.8 Å². The summed E-state index contributed by atoms with van der Waals surface area (Å²) in [4.78, 5) is 0. The molecule has 0 aliphatic carbocycles. The van der Waals surface area contributed by atoms with Crippen molar-refractivity contribution in [2.24, 2.45) is 5.10 Å². The third-order valence-electron chi connectivity index (χ3n) is 3.90. The van der Waals surface area contributed by atoms with Crippen LogP contribution in [-0.2, 0) is 6.61 Å². The molecule has 0 radical (unpaired) electrons. The third-order valence-corrected chi connectivity index (χ3v) is 4.16. The van der Waals surface area contributed by atoms with Crippen LogP contribution in [0.2, 0.25) is 0 Å². The zero-order valence-electron chi connectivity index (χ0n) is 14.8. The first-order chi connectivity index (χ1) is 12.9. The van der Waals surface area contributed by atoms with E-state index in [1.165, 1.54) is 22.5 Å². The van der Waals surface area contributed by atoms with Crippen LogP contribution in [0.3, 0.4) is 0 Å². The van der Waals surface area contributed by atoms with Crippen LogP contribution in [0.15, 0.2) is 47.6 Å². The Bertz CT molecular complexity index is 1010. The SMILES string of the molecule is CC(C)c1ccc(OCc2n[nH]c(=S)n2/N=C\c2ccc(F)c(F)c2)cc1. The van der Waals surface area contributed by atoms with Gasteiger partial charge in [-0.25, -0.2) is 13.9 Å². The van der Waals surface area contributed by atoms with Gasteiger partial charge in [-0.2, -0.15) is 14.9 Å². The summed E-state index contributed by atoms with van der Waals surface area (Å²) in [5.74, 6) is -0.259. The summed E-state index contributed by atoms with van der Waals surface area (Å²) in [6.07, 6.45) is 1.37. The molecule has 2 aromatic carbocycles. The predicted octanol–water partition coefficient (Wildman–Crippen LogP) is 4.80. The molecule has 27 heavy (non-hydrogen) atoms. The lowest BCUT2D eigenvalue weighted by Crippen LogP contribution is -2.04. The average Bonchev–Trinajstić information content (AvgIpc) is 3.01. The number of H-pyrrole nitrogens is 1. The van der Waals surface area contributed by atoms with E-state index in [4.69, 9.17) is 17.0 Å². The van der Waals surface area contributed by atoms with Gasteiger partial charge in [0.15, 0.2) is 17.5 Å². The molecular weight excluding hydrogens is 370 g/mol. The molecular formula is C19H18F2N4OS. The van der Waals surface area contributed by atoms with Crippen molar-refractivity contribution in [3.63, 3.8) is 0 Å². The largest absolute Gasteiger partial charge is 0.486 e. The number of nitrogens with zero attached hydrogens (tertiary/aromatic N) is 3. The Labute approximate surface area is 160 Å². The number of hydrogen-bond donors (Lipinski definition) is 1. The fourth-order valence-corrected chi connectivity index (χ4v) is 2.55. The van der Waals surface area contributed by atoms with Crippen molar-refractivity contribution in [2.45, 2.75) is 26.4 Å². The first-order valence-corrected chi connectivity index (χ1v) is 8.73. The minimum atomic E-state index is -0.942. The summed E-state index contributed by atoms with van der Waals surface area (Å²) in [6.45, 7) is 4.39. The number of halogens is 2. The Balaban J connectivity index is 1.73. The molecule has 5 nitrogen and oxygen atoms in total. The van der Waals surface area contributed by atoms with Gasteiger partial charge in [-0.15, -0.1) is 0 Å². The molecule has 0 bridgehead atoms. The maximum atomic E-state index is 13.3. The van der Waals surface area contributed by atoms with Gasteiger partial charge in [-0.1, -0.05) is 32.0 Å². The lowest BCUT2D eigenvalue weighted by atomic mass is 10.0. The number of nitrogens with one attached hydrogen (secondary N) is 1. The highest BCUT2D eigenvalue weighted by Crippen LogP contribution is 2.19. The molecule has 0 saturated carbocycles.